The quantitative estimate of drug-likeness (QED) is 0.492. The molecule has 0 saturated carbocycles. The summed E-state index contributed by atoms with van der Waals surface area (Å²) in [5.74, 6) is -0.959. The smallest absolute Gasteiger partial charge is 0.336 e. The van der Waals surface area contributed by atoms with Crippen LogP contribution < -0.4 is 15.8 Å². The number of nitrogens with one attached hydrogen (secondary N) is 1. The Bertz CT molecular complexity index is 475. The number of rotatable bonds is 5. The molecule has 0 bridgehead atoms. The van der Waals surface area contributed by atoms with Crippen molar-refractivity contribution >= 4 is 17.6 Å². The third kappa shape index (κ3) is 3.59. The first-order valence-electron chi connectivity index (χ1n) is 5.47. The number of amides is 1. The molecule has 0 aliphatic heterocycles. The normalized spacial score (nSPS) is 11.5. The summed E-state index contributed by atoms with van der Waals surface area (Å²) in [6.45, 7) is -0.262. The Hall–Kier alpha value is -2.28. The summed E-state index contributed by atoms with van der Waals surface area (Å²) in [4.78, 5) is 22.8. The van der Waals surface area contributed by atoms with E-state index in [0.29, 0.717) is 5.75 Å². The molecule has 0 aromatic heterocycles. The van der Waals surface area contributed by atoms with Crippen molar-refractivity contribution in [3.63, 3.8) is 0 Å². The second kappa shape index (κ2) is 6.60. The van der Waals surface area contributed by atoms with Crippen molar-refractivity contribution in [3.8, 4) is 5.75 Å². The zero-order chi connectivity index (χ0) is 14.4. The molecule has 0 radical (unpaired) electrons. The standard InChI is InChI=1S/C12H16N2O5/c1-18-9-5-3-4-7(10(9)13)11(16)14-6-8(15)12(17)19-2/h3-5,8,15H,6,13H2,1-2H3,(H,14,16). The second-order valence-corrected chi connectivity index (χ2v) is 3.67. The molecule has 0 spiro atoms. The van der Waals surface area contributed by atoms with Crippen molar-refractivity contribution in [2.75, 3.05) is 26.5 Å². The lowest BCUT2D eigenvalue weighted by Crippen LogP contribution is -2.37. The van der Waals surface area contributed by atoms with Gasteiger partial charge in [-0.05, 0) is 12.1 Å². The van der Waals surface area contributed by atoms with Gasteiger partial charge in [0.2, 0.25) is 0 Å². The molecular formula is C12H16N2O5. The van der Waals surface area contributed by atoms with Gasteiger partial charge in [0.05, 0.1) is 32.0 Å². The summed E-state index contributed by atoms with van der Waals surface area (Å²) in [6.07, 6.45) is -1.42. The molecule has 1 rings (SSSR count). The van der Waals surface area contributed by atoms with Gasteiger partial charge in [-0.15, -0.1) is 0 Å². The predicted octanol–water partition coefficient (Wildman–Crippen LogP) is -0.459. The van der Waals surface area contributed by atoms with Crippen molar-refractivity contribution in [1.29, 1.82) is 0 Å². The van der Waals surface area contributed by atoms with Gasteiger partial charge in [-0.2, -0.15) is 0 Å². The highest BCUT2D eigenvalue weighted by Gasteiger charge is 2.18. The molecule has 0 saturated heterocycles. The highest BCUT2D eigenvalue weighted by molar-refractivity contribution is 6.00. The third-order valence-corrected chi connectivity index (χ3v) is 2.46. The van der Waals surface area contributed by atoms with Gasteiger partial charge in [0.15, 0.2) is 6.10 Å². The fourth-order valence-electron chi connectivity index (χ4n) is 1.42. The Morgan fingerprint density at radius 3 is 2.68 bits per heavy atom. The van der Waals surface area contributed by atoms with Crippen LogP contribution in [0.4, 0.5) is 5.69 Å². The van der Waals surface area contributed by atoms with E-state index in [9.17, 15) is 14.7 Å². The number of ether oxygens (including phenoxy) is 2. The number of carbonyl (C=O) groups is 2. The van der Waals surface area contributed by atoms with E-state index < -0.39 is 18.0 Å². The van der Waals surface area contributed by atoms with Crippen molar-refractivity contribution < 1.29 is 24.2 Å². The zero-order valence-electron chi connectivity index (χ0n) is 10.7. The van der Waals surface area contributed by atoms with Crippen LogP contribution in [0, 0.1) is 0 Å². The van der Waals surface area contributed by atoms with Crippen LogP contribution >= 0.6 is 0 Å². The van der Waals surface area contributed by atoms with E-state index in [1.165, 1.54) is 13.2 Å². The summed E-state index contributed by atoms with van der Waals surface area (Å²) in [6, 6.07) is 4.74. The molecule has 104 valence electrons. The Kier molecular flexibility index (Phi) is 5.13. The van der Waals surface area contributed by atoms with E-state index in [-0.39, 0.29) is 17.8 Å². The number of carbonyl (C=O) groups excluding carboxylic acids is 2. The molecule has 0 aliphatic rings. The molecule has 1 unspecified atom stereocenters. The zero-order valence-corrected chi connectivity index (χ0v) is 10.7. The van der Waals surface area contributed by atoms with Gasteiger partial charge in [-0.1, -0.05) is 6.07 Å². The minimum Gasteiger partial charge on any atom is -0.495 e. The van der Waals surface area contributed by atoms with Crippen LogP contribution in [0.15, 0.2) is 18.2 Å². The van der Waals surface area contributed by atoms with E-state index >= 15 is 0 Å². The van der Waals surface area contributed by atoms with Gasteiger partial charge in [-0.25, -0.2) is 4.79 Å². The number of aliphatic hydroxyl groups excluding tert-OH is 1. The van der Waals surface area contributed by atoms with Gasteiger partial charge in [0, 0.05) is 0 Å². The maximum atomic E-state index is 11.8. The fraction of sp³-hybridized carbons (Fsp3) is 0.333. The molecule has 1 amide bonds. The number of methoxy groups -OCH3 is 2. The molecule has 19 heavy (non-hydrogen) atoms. The highest BCUT2D eigenvalue weighted by atomic mass is 16.5. The van der Waals surface area contributed by atoms with Gasteiger partial charge < -0.3 is 25.6 Å². The molecule has 1 aromatic rings. The Balaban J connectivity index is 2.71. The highest BCUT2D eigenvalue weighted by Crippen LogP contribution is 2.24. The number of para-hydroxylation sites is 1. The van der Waals surface area contributed by atoms with Crippen molar-refractivity contribution in [3.05, 3.63) is 23.8 Å². The van der Waals surface area contributed by atoms with Crippen LogP contribution in [0.3, 0.4) is 0 Å². The minimum atomic E-state index is -1.42. The average Bonchev–Trinajstić information content (AvgIpc) is 2.43. The first-order chi connectivity index (χ1) is 9.01. The van der Waals surface area contributed by atoms with Gasteiger partial charge in [0.25, 0.3) is 5.91 Å². The molecule has 1 aromatic carbocycles. The van der Waals surface area contributed by atoms with Crippen molar-refractivity contribution in [1.82, 2.24) is 5.32 Å². The number of hydrogen-bond donors (Lipinski definition) is 3. The second-order valence-electron chi connectivity index (χ2n) is 3.67. The first kappa shape index (κ1) is 14.8. The van der Waals surface area contributed by atoms with Gasteiger partial charge >= 0.3 is 5.97 Å². The number of nitrogen functional groups attached to an aromatic ring is 1. The van der Waals surface area contributed by atoms with Crippen molar-refractivity contribution in [2.45, 2.75) is 6.10 Å². The van der Waals surface area contributed by atoms with E-state index in [4.69, 9.17) is 10.5 Å². The van der Waals surface area contributed by atoms with Crippen LogP contribution in [0.25, 0.3) is 0 Å². The number of benzene rings is 1. The average molecular weight is 268 g/mol. The lowest BCUT2D eigenvalue weighted by Gasteiger charge is -2.12. The van der Waals surface area contributed by atoms with E-state index in [1.54, 1.807) is 12.1 Å². The first-order valence-corrected chi connectivity index (χ1v) is 5.47. The summed E-state index contributed by atoms with van der Waals surface area (Å²) in [7, 11) is 2.59. The largest absolute Gasteiger partial charge is 0.495 e. The van der Waals surface area contributed by atoms with E-state index in [2.05, 4.69) is 10.1 Å². The van der Waals surface area contributed by atoms with Gasteiger partial charge in [-0.3, -0.25) is 4.79 Å². The molecule has 1 atom stereocenters. The number of aliphatic hydroxyl groups is 1. The van der Waals surface area contributed by atoms with Gasteiger partial charge in [0.1, 0.15) is 5.75 Å². The topological polar surface area (TPSA) is 111 Å². The minimum absolute atomic E-state index is 0.190. The van der Waals surface area contributed by atoms with Crippen LogP contribution in [0.2, 0.25) is 0 Å². The predicted molar refractivity (Wildman–Crippen MR) is 67.8 cm³/mol. The Morgan fingerprint density at radius 2 is 2.11 bits per heavy atom. The molecule has 4 N–H and O–H groups in total. The number of esters is 1. The summed E-state index contributed by atoms with van der Waals surface area (Å²) < 4.78 is 9.31. The SMILES string of the molecule is COC(=O)C(O)CNC(=O)c1cccc(OC)c1N. The number of hydrogen-bond acceptors (Lipinski definition) is 6. The Labute approximate surface area is 110 Å². The lowest BCUT2D eigenvalue weighted by atomic mass is 10.1. The number of anilines is 1. The monoisotopic (exact) mass is 268 g/mol. The van der Waals surface area contributed by atoms with Crippen molar-refractivity contribution in [2.24, 2.45) is 0 Å². The summed E-state index contributed by atoms with van der Waals surface area (Å²) in [5, 5.41) is 11.7. The summed E-state index contributed by atoms with van der Waals surface area (Å²) in [5.41, 5.74) is 6.14. The van der Waals surface area contributed by atoms with Crippen LogP contribution in [-0.4, -0.2) is 43.9 Å². The van der Waals surface area contributed by atoms with Crippen LogP contribution in [-0.2, 0) is 9.53 Å². The summed E-state index contributed by atoms with van der Waals surface area (Å²) >= 11 is 0. The van der Waals surface area contributed by atoms with E-state index in [1.807, 2.05) is 0 Å². The molecule has 0 aliphatic carbocycles. The molecule has 7 nitrogen and oxygen atoms in total. The number of nitrogens with two attached hydrogens (primary N) is 1. The maximum absolute atomic E-state index is 11.8. The third-order valence-electron chi connectivity index (χ3n) is 2.46. The molecule has 0 heterocycles. The molecular weight excluding hydrogens is 252 g/mol. The van der Waals surface area contributed by atoms with Crippen LogP contribution in [0.1, 0.15) is 10.4 Å². The lowest BCUT2D eigenvalue weighted by molar-refractivity contribution is -0.149. The fourth-order valence-corrected chi connectivity index (χ4v) is 1.42. The maximum Gasteiger partial charge on any atom is 0.336 e. The van der Waals surface area contributed by atoms with E-state index in [0.717, 1.165) is 7.11 Å². The Morgan fingerprint density at radius 1 is 1.42 bits per heavy atom. The molecule has 7 heteroatoms. The molecule has 0 fully saturated rings. The van der Waals surface area contributed by atoms with Crippen LogP contribution in [0.5, 0.6) is 5.75 Å².